The van der Waals surface area contributed by atoms with Crippen LogP contribution in [-0.4, -0.2) is 18.0 Å². The molecular weight excluding hydrogens is 433 g/mol. The van der Waals surface area contributed by atoms with Crippen molar-refractivity contribution in [1.82, 2.24) is 4.98 Å². The Bertz CT molecular complexity index is 1360. The summed E-state index contributed by atoms with van der Waals surface area (Å²) in [7, 11) is 1.51. The number of H-pyrrole nitrogens is 1. The molecular formula is C25H19F3N2O3. The molecule has 0 unspecified atom stereocenters. The van der Waals surface area contributed by atoms with Crippen molar-refractivity contribution >= 4 is 22.5 Å². The summed E-state index contributed by atoms with van der Waals surface area (Å²) in [6, 6.07) is 19.7. The third kappa shape index (κ3) is 4.74. The van der Waals surface area contributed by atoms with E-state index in [0.717, 1.165) is 17.0 Å². The van der Waals surface area contributed by atoms with Gasteiger partial charge in [0.25, 0.3) is 11.5 Å². The first-order valence-corrected chi connectivity index (χ1v) is 10.0. The molecule has 0 saturated heterocycles. The second kappa shape index (κ2) is 8.82. The number of nitrogens with zero attached hydrogens (tertiary/aromatic N) is 1. The summed E-state index contributed by atoms with van der Waals surface area (Å²) in [5, 5.41) is 0.633. The Balaban J connectivity index is 1.80. The summed E-state index contributed by atoms with van der Waals surface area (Å²) in [6.45, 7) is -0.0452. The van der Waals surface area contributed by atoms with Gasteiger partial charge in [0, 0.05) is 11.2 Å². The summed E-state index contributed by atoms with van der Waals surface area (Å²) < 4.78 is 45.1. The van der Waals surface area contributed by atoms with Crippen LogP contribution in [0.15, 0.2) is 83.7 Å². The second-order valence-electron chi connectivity index (χ2n) is 7.39. The topological polar surface area (TPSA) is 62.4 Å². The molecule has 4 rings (SSSR count). The molecule has 1 heterocycles. The van der Waals surface area contributed by atoms with Gasteiger partial charge in [0.15, 0.2) is 0 Å². The Morgan fingerprint density at radius 3 is 2.39 bits per heavy atom. The Kier molecular flexibility index (Phi) is 5.91. The van der Waals surface area contributed by atoms with Crippen LogP contribution in [0.1, 0.15) is 21.5 Å². The molecule has 1 aromatic heterocycles. The van der Waals surface area contributed by atoms with E-state index < -0.39 is 23.2 Å². The highest BCUT2D eigenvalue weighted by Gasteiger charge is 2.31. The van der Waals surface area contributed by atoms with Crippen LogP contribution >= 0.6 is 0 Å². The van der Waals surface area contributed by atoms with Gasteiger partial charge in [0.05, 0.1) is 19.2 Å². The van der Waals surface area contributed by atoms with Crippen molar-refractivity contribution < 1.29 is 22.7 Å². The molecule has 0 spiro atoms. The summed E-state index contributed by atoms with van der Waals surface area (Å²) in [5.74, 6) is -0.112. The molecule has 0 aliphatic heterocycles. The number of hydrogen-bond acceptors (Lipinski definition) is 3. The smallest absolute Gasteiger partial charge is 0.416 e. The number of methoxy groups -OCH3 is 1. The Labute approximate surface area is 187 Å². The zero-order valence-corrected chi connectivity index (χ0v) is 17.5. The minimum Gasteiger partial charge on any atom is -0.497 e. The van der Waals surface area contributed by atoms with Gasteiger partial charge in [-0.2, -0.15) is 13.2 Å². The number of carbonyl (C=O) groups excluding carboxylic acids is 1. The molecule has 3 aromatic carbocycles. The second-order valence-corrected chi connectivity index (χ2v) is 7.39. The number of pyridine rings is 1. The molecule has 0 aliphatic rings. The molecule has 0 radical (unpaired) electrons. The molecule has 0 atom stereocenters. The number of anilines is 1. The average Bonchev–Trinajstić information content (AvgIpc) is 2.81. The summed E-state index contributed by atoms with van der Waals surface area (Å²) in [4.78, 5) is 30.0. The summed E-state index contributed by atoms with van der Waals surface area (Å²) in [6.07, 6.45) is -4.58. The first kappa shape index (κ1) is 22.1. The van der Waals surface area contributed by atoms with Crippen LogP contribution in [0.3, 0.4) is 0 Å². The quantitative estimate of drug-likeness (QED) is 0.441. The van der Waals surface area contributed by atoms with Gasteiger partial charge in [0.2, 0.25) is 0 Å². The highest BCUT2D eigenvalue weighted by molar-refractivity contribution is 6.07. The van der Waals surface area contributed by atoms with E-state index in [9.17, 15) is 22.8 Å². The third-order valence-corrected chi connectivity index (χ3v) is 5.21. The lowest BCUT2D eigenvalue weighted by Gasteiger charge is -2.24. The predicted octanol–water partition coefficient (Wildman–Crippen LogP) is 5.40. The minimum absolute atomic E-state index is 0.0261. The zero-order chi connectivity index (χ0) is 23.6. The van der Waals surface area contributed by atoms with Gasteiger partial charge in [-0.1, -0.05) is 36.4 Å². The predicted molar refractivity (Wildman–Crippen MR) is 120 cm³/mol. The number of amides is 1. The van der Waals surface area contributed by atoms with Gasteiger partial charge in [-0.25, -0.2) is 0 Å². The van der Waals surface area contributed by atoms with Crippen LogP contribution in [0.25, 0.3) is 10.9 Å². The largest absolute Gasteiger partial charge is 0.497 e. The number of alkyl halides is 3. The van der Waals surface area contributed by atoms with Crippen molar-refractivity contribution in [3.63, 3.8) is 0 Å². The molecule has 1 N–H and O–H groups in total. The van der Waals surface area contributed by atoms with Crippen molar-refractivity contribution in [1.29, 1.82) is 0 Å². The number of aromatic nitrogens is 1. The van der Waals surface area contributed by atoms with Crippen LogP contribution in [-0.2, 0) is 12.7 Å². The van der Waals surface area contributed by atoms with E-state index in [0.29, 0.717) is 22.2 Å². The fourth-order valence-electron chi connectivity index (χ4n) is 3.50. The first-order chi connectivity index (χ1) is 15.8. The normalized spacial score (nSPS) is 11.4. The van der Waals surface area contributed by atoms with Crippen molar-refractivity contribution in [2.24, 2.45) is 0 Å². The molecule has 8 heteroatoms. The molecule has 0 saturated carbocycles. The highest BCUT2D eigenvalue weighted by atomic mass is 19.4. The van der Waals surface area contributed by atoms with Gasteiger partial charge >= 0.3 is 6.18 Å². The maximum Gasteiger partial charge on any atom is 0.416 e. The van der Waals surface area contributed by atoms with Crippen LogP contribution in [0.2, 0.25) is 0 Å². The van der Waals surface area contributed by atoms with Crippen molar-refractivity contribution in [2.45, 2.75) is 12.7 Å². The van der Waals surface area contributed by atoms with E-state index in [1.165, 1.54) is 25.3 Å². The molecule has 0 aliphatic carbocycles. The molecule has 33 heavy (non-hydrogen) atoms. The Hall–Kier alpha value is -4.07. The SMILES string of the molecule is COc1ccc(CN(C(=O)c2cc3ccccc3[nH]c2=O)c2cccc(C(F)(F)F)c2)cc1. The van der Waals surface area contributed by atoms with E-state index in [-0.39, 0.29) is 17.8 Å². The fraction of sp³-hybridized carbons (Fsp3) is 0.120. The number of fused-ring (bicyclic) bond motifs is 1. The zero-order valence-electron chi connectivity index (χ0n) is 17.5. The van der Waals surface area contributed by atoms with Crippen LogP contribution < -0.4 is 15.2 Å². The standard InChI is InChI=1S/C25H19F3N2O3/c1-33-20-11-9-16(10-12-20)15-30(19-7-4-6-18(14-19)25(26,27)28)24(32)21-13-17-5-2-3-8-22(17)29-23(21)31/h2-14H,15H2,1H3,(H,29,31). The molecule has 1 amide bonds. The summed E-state index contributed by atoms with van der Waals surface area (Å²) in [5.41, 5.74) is -0.443. The average molecular weight is 452 g/mol. The first-order valence-electron chi connectivity index (χ1n) is 10.0. The van der Waals surface area contributed by atoms with Crippen molar-refractivity contribution in [3.8, 4) is 5.75 Å². The lowest BCUT2D eigenvalue weighted by Crippen LogP contribution is -2.34. The molecule has 0 bridgehead atoms. The monoisotopic (exact) mass is 452 g/mol. The van der Waals surface area contributed by atoms with E-state index in [4.69, 9.17) is 4.74 Å². The minimum atomic E-state index is -4.58. The number of nitrogens with one attached hydrogen (secondary N) is 1. The number of hydrogen-bond donors (Lipinski definition) is 1. The van der Waals surface area contributed by atoms with Crippen molar-refractivity contribution in [3.05, 3.63) is 106 Å². The van der Waals surface area contributed by atoms with E-state index in [1.807, 2.05) is 0 Å². The molecule has 168 valence electrons. The van der Waals surface area contributed by atoms with Crippen LogP contribution in [0.5, 0.6) is 5.75 Å². The number of ether oxygens (including phenoxy) is 1. The highest BCUT2D eigenvalue weighted by Crippen LogP contribution is 2.32. The third-order valence-electron chi connectivity index (χ3n) is 5.21. The Morgan fingerprint density at radius 2 is 1.70 bits per heavy atom. The van der Waals surface area contributed by atoms with Crippen LogP contribution in [0.4, 0.5) is 18.9 Å². The molecule has 4 aromatic rings. The maximum absolute atomic E-state index is 13.5. The number of halogens is 3. The number of aromatic amines is 1. The number of carbonyl (C=O) groups is 1. The molecule has 0 fully saturated rings. The van der Waals surface area contributed by atoms with E-state index in [1.54, 1.807) is 48.5 Å². The van der Waals surface area contributed by atoms with Gasteiger partial charge in [-0.15, -0.1) is 0 Å². The lowest BCUT2D eigenvalue weighted by molar-refractivity contribution is -0.137. The van der Waals surface area contributed by atoms with Gasteiger partial charge in [-0.3, -0.25) is 9.59 Å². The number of benzene rings is 3. The lowest BCUT2D eigenvalue weighted by atomic mass is 10.1. The van der Waals surface area contributed by atoms with Crippen LogP contribution in [0, 0.1) is 0 Å². The van der Waals surface area contributed by atoms with E-state index in [2.05, 4.69) is 4.98 Å². The van der Waals surface area contributed by atoms with Gasteiger partial charge < -0.3 is 14.6 Å². The van der Waals surface area contributed by atoms with Crippen molar-refractivity contribution in [2.75, 3.05) is 12.0 Å². The fourth-order valence-corrected chi connectivity index (χ4v) is 3.50. The maximum atomic E-state index is 13.5. The molecule has 5 nitrogen and oxygen atoms in total. The number of para-hydroxylation sites is 1. The Morgan fingerprint density at radius 1 is 0.970 bits per heavy atom. The number of rotatable bonds is 5. The summed E-state index contributed by atoms with van der Waals surface area (Å²) >= 11 is 0. The van der Waals surface area contributed by atoms with E-state index >= 15 is 0 Å². The van der Waals surface area contributed by atoms with Gasteiger partial charge in [0.1, 0.15) is 11.3 Å². The van der Waals surface area contributed by atoms with Gasteiger partial charge in [-0.05, 0) is 53.4 Å².